The van der Waals surface area contributed by atoms with Crippen LogP contribution in [0.25, 0.3) is 0 Å². The Bertz CT molecular complexity index is 317. The highest BCUT2D eigenvalue weighted by atomic mass is 19.1. The van der Waals surface area contributed by atoms with Crippen LogP contribution >= 0.6 is 0 Å². The molecule has 12 heavy (non-hydrogen) atoms. The zero-order chi connectivity index (χ0) is 8.39. The van der Waals surface area contributed by atoms with Crippen LogP contribution in [0.1, 0.15) is 18.4 Å². The van der Waals surface area contributed by atoms with E-state index in [0.29, 0.717) is 5.56 Å². The Balaban J connectivity index is 2.39. The molecule has 0 N–H and O–H groups in total. The summed E-state index contributed by atoms with van der Waals surface area (Å²) in [5, 5.41) is 0. The minimum Gasteiger partial charge on any atom is -0.289 e. The molecular weight excluding hydrogens is 153 g/mol. The minimum absolute atomic E-state index is 0.154. The lowest BCUT2D eigenvalue weighted by Gasteiger charge is -2.00. The SMILES string of the molecule is Fc1ccccc1C1=NCCC1. The van der Waals surface area contributed by atoms with Crippen molar-refractivity contribution in [2.75, 3.05) is 6.54 Å². The lowest BCUT2D eigenvalue weighted by atomic mass is 10.1. The van der Waals surface area contributed by atoms with Crippen LogP contribution in [0.3, 0.4) is 0 Å². The minimum atomic E-state index is -0.154. The second-order valence-corrected chi connectivity index (χ2v) is 2.91. The Kier molecular flexibility index (Phi) is 1.90. The van der Waals surface area contributed by atoms with Gasteiger partial charge in [-0.1, -0.05) is 18.2 Å². The second kappa shape index (κ2) is 3.05. The van der Waals surface area contributed by atoms with Gasteiger partial charge in [0.2, 0.25) is 0 Å². The topological polar surface area (TPSA) is 12.4 Å². The fourth-order valence-electron chi connectivity index (χ4n) is 1.45. The maximum absolute atomic E-state index is 13.2. The molecule has 0 spiro atoms. The number of benzene rings is 1. The molecule has 0 atom stereocenters. The van der Waals surface area contributed by atoms with Crippen LogP contribution in [0.4, 0.5) is 4.39 Å². The third-order valence-electron chi connectivity index (χ3n) is 2.06. The normalized spacial score (nSPS) is 16.2. The first-order valence-corrected chi connectivity index (χ1v) is 4.16. The third kappa shape index (κ3) is 1.24. The average Bonchev–Trinajstić information content (AvgIpc) is 2.57. The smallest absolute Gasteiger partial charge is 0.132 e. The predicted octanol–water partition coefficient (Wildman–Crippen LogP) is 2.41. The molecule has 0 unspecified atom stereocenters. The fraction of sp³-hybridized carbons (Fsp3) is 0.300. The van der Waals surface area contributed by atoms with Gasteiger partial charge >= 0.3 is 0 Å². The van der Waals surface area contributed by atoms with Crippen LogP contribution in [-0.4, -0.2) is 12.3 Å². The van der Waals surface area contributed by atoms with E-state index in [1.54, 1.807) is 12.1 Å². The summed E-state index contributed by atoms with van der Waals surface area (Å²) in [5.74, 6) is -0.154. The number of aliphatic imine (C=N–C) groups is 1. The molecule has 2 heteroatoms. The maximum atomic E-state index is 13.2. The van der Waals surface area contributed by atoms with Crippen LogP contribution in [0.15, 0.2) is 29.3 Å². The number of hydrogen-bond acceptors (Lipinski definition) is 1. The van der Waals surface area contributed by atoms with E-state index in [0.717, 1.165) is 25.1 Å². The molecule has 0 bridgehead atoms. The van der Waals surface area contributed by atoms with Gasteiger partial charge in [0.1, 0.15) is 5.82 Å². The van der Waals surface area contributed by atoms with Gasteiger partial charge in [0.15, 0.2) is 0 Å². The summed E-state index contributed by atoms with van der Waals surface area (Å²) >= 11 is 0. The molecule has 62 valence electrons. The molecule has 0 radical (unpaired) electrons. The van der Waals surface area contributed by atoms with Gasteiger partial charge in [-0.15, -0.1) is 0 Å². The van der Waals surface area contributed by atoms with E-state index in [2.05, 4.69) is 4.99 Å². The summed E-state index contributed by atoms with van der Waals surface area (Å²) in [6.45, 7) is 0.851. The number of hydrogen-bond donors (Lipinski definition) is 0. The summed E-state index contributed by atoms with van der Waals surface area (Å²) in [6.07, 6.45) is 1.98. The van der Waals surface area contributed by atoms with E-state index in [9.17, 15) is 4.39 Å². The molecular formula is C10H10FN. The first-order valence-electron chi connectivity index (χ1n) is 4.16. The van der Waals surface area contributed by atoms with E-state index in [1.165, 1.54) is 6.07 Å². The quantitative estimate of drug-likeness (QED) is 0.602. The lowest BCUT2D eigenvalue weighted by Crippen LogP contribution is -1.98. The molecule has 1 aromatic rings. The summed E-state index contributed by atoms with van der Waals surface area (Å²) in [6, 6.07) is 6.82. The highest BCUT2D eigenvalue weighted by Gasteiger charge is 2.11. The van der Waals surface area contributed by atoms with Crippen molar-refractivity contribution in [2.24, 2.45) is 4.99 Å². The number of halogens is 1. The fourth-order valence-corrected chi connectivity index (χ4v) is 1.45. The molecule has 1 aromatic carbocycles. The molecule has 1 nitrogen and oxygen atoms in total. The Hall–Kier alpha value is -1.18. The highest BCUT2D eigenvalue weighted by Crippen LogP contribution is 2.15. The Morgan fingerprint density at radius 2 is 2.08 bits per heavy atom. The van der Waals surface area contributed by atoms with Gasteiger partial charge in [-0.2, -0.15) is 0 Å². The van der Waals surface area contributed by atoms with Crippen molar-refractivity contribution in [3.05, 3.63) is 35.6 Å². The molecule has 0 saturated carbocycles. The molecule has 1 heterocycles. The van der Waals surface area contributed by atoms with Crippen LogP contribution < -0.4 is 0 Å². The zero-order valence-corrected chi connectivity index (χ0v) is 6.76. The van der Waals surface area contributed by atoms with Crippen molar-refractivity contribution in [3.8, 4) is 0 Å². The van der Waals surface area contributed by atoms with Crippen molar-refractivity contribution in [1.82, 2.24) is 0 Å². The lowest BCUT2D eigenvalue weighted by molar-refractivity contribution is 0.625. The first-order chi connectivity index (χ1) is 5.88. The van der Waals surface area contributed by atoms with Crippen molar-refractivity contribution >= 4 is 5.71 Å². The van der Waals surface area contributed by atoms with Gasteiger partial charge in [0.05, 0.1) is 0 Å². The third-order valence-corrected chi connectivity index (χ3v) is 2.06. The van der Waals surface area contributed by atoms with Crippen molar-refractivity contribution in [2.45, 2.75) is 12.8 Å². The monoisotopic (exact) mass is 163 g/mol. The molecule has 0 fully saturated rings. The van der Waals surface area contributed by atoms with Crippen LogP contribution in [0.2, 0.25) is 0 Å². The standard InChI is InChI=1S/C10H10FN/c11-9-5-2-1-4-8(9)10-6-3-7-12-10/h1-2,4-5H,3,6-7H2. The largest absolute Gasteiger partial charge is 0.289 e. The van der Waals surface area contributed by atoms with Gasteiger partial charge in [-0.25, -0.2) is 4.39 Å². The van der Waals surface area contributed by atoms with Crippen LogP contribution in [0.5, 0.6) is 0 Å². The molecule has 1 aliphatic heterocycles. The van der Waals surface area contributed by atoms with Gasteiger partial charge < -0.3 is 0 Å². The van der Waals surface area contributed by atoms with Gasteiger partial charge in [0.25, 0.3) is 0 Å². The Morgan fingerprint density at radius 3 is 2.75 bits per heavy atom. The molecule has 2 rings (SSSR count). The average molecular weight is 163 g/mol. The Labute approximate surface area is 70.9 Å². The van der Waals surface area contributed by atoms with Crippen LogP contribution in [0, 0.1) is 5.82 Å². The first kappa shape index (κ1) is 7.47. The predicted molar refractivity (Wildman–Crippen MR) is 47.0 cm³/mol. The van der Waals surface area contributed by atoms with E-state index in [1.807, 2.05) is 6.07 Å². The molecule has 0 aliphatic carbocycles. The maximum Gasteiger partial charge on any atom is 0.132 e. The van der Waals surface area contributed by atoms with Crippen molar-refractivity contribution in [3.63, 3.8) is 0 Å². The summed E-state index contributed by atoms with van der Waals surface area (Å²) in [4.78, 5) is 4.24. The van der Waals surface area contributed by atoms with E-state index < -0.39 is 0 Å². The number of rotatable bonds is 1. The molecule has 0 aromatic heterocycles. The summed E-state index contributed by atoms with van der Waals surface area (Å²) in [7, 11) is 0. The van der Waals surface area contributed by atoms with E-state index >= 15 is 0 Å². The van der Waals surface area contributed by atoms with Crippen molar-refractivity contribution < 1.29 is 4.39 Å². The zero-order valence-electron chi connectivity index (χ0n) is 6.76. The molecule has 0 saturated heterocycles. The van der Waals surface area contributed by atoms with E-state index in [4.69, 9.17) is 0 Å². The highest BCUT2D eigenvalue weighted by molar-refractivity contribution is 6.01. The number of nitrogens with zero attached hydrogens (tertiary/aromatic N) is 1. The second-order valence-electron chi connectivity index (χ2n) is 2.91. The van der Waals surface area contributed by atoms with E-state index in [-0.39, 0.29) is 5.82 Å². The van der Waals surface area contributed by atoms with Gasteiger partial charge in [-0.3, -0.25) is 4.99 Å². The van der Waals surface area contributed by atoms with Gasteiger partial charge in [0, 0.05) is 17.8 Å². The van der Waals surface area contributed by atoms with Crippen LogP contribution in [-0.2, 0) is 0 Å². The summed E-state index contributed by atoms with van der Waals surface area (Å²) < 4.78 is 13.2. The Morgan fingerprint density at radius 1 is 1.25 bits per heavy atom. The van der Waals surface area contributed by atoms with Gasteiger partial charge in [-0.05, 0) is 18.9 Å². The summed E-state index contributed by atoms with van der Waals surface area (Å²) in [5.41, 5.74) is 1.60. The molecule has 1 aliphatic rings. The van der Waals surface area contributed by atoms with Crippen molar-refractivity contribution in [1.29, 1.82) is 0 Å². The molecule has 0 amide bonds.